The summed E-state index contributed by atoms with van der Waals surface area (Å²) in [5, 5.41) is 0.832. The molecule has 0 bridgehead atoms. The number of pyridine rings is 1. The van der Waals surface area contributed by atoms with E-state index in [4.69, 9.17) is 9.47 Å². The van der Waals surface area contributed by atoms with E-state index in [0.717, 1.165) is 5.39 Å². The third-order valence-corrected chi connectivity index (χ3v) is 2.58. The molecule has 2 aromatic rings. The number of methoxy groups -OCH3 is 3. The van der Waals surface area contributed by atoms with Gasteiger partial charge in [0.25, 0.3) is 0 Å². The second kappa shape index (κ2) is 4.91. The number of nitrogens with zero attached hydrogens (tertiary/aromatic N) is 1. The van der Waals surface area contributed by atoms with Crippen molar-refractivity contribution in [3.63, 3.8) is 0 Å². The van der Waals surface area contributed by atoms with Gasteiger partial charge in [-0.1, -0.05) is 6.07 Å². The number of hydrogen-bond acceptors (Lipinski definition) is 5. The van der Waals surface area contributed by atoms with Crippen molar-refractivity contribution in [3.8, 4) is 11.5 Å². The standard InChI is InChI=1S/C13H13NO4/c1-16-9-6-8-4-5-10(13(15)18-3)14-12(8)11(7-9)17-2/h4-7H,1-3H3. The number of hydrogen-bond donors (Lipinski definition) is 0. The van der Waals surface area contributed by atoms with Gasteiger partial charge < -0.3 is 14.2 Å². The summed E-state index contributed by atoms with van der Waals surface area (Å²) in [4.78, 5) is 15.7. The molecule has 1 aromatic carbocycles. The van der Waals surface area contributed by atoms with Crippen molar-refractivity contribution in [1.82, 2.24) is 4.98 Å². The first-order valence-electron chi connectivity index (χ1n) is 5.30. The molecule has 94 valence electrons. The maximum atomic E-state index is 11.4. The van der Waals surface area contributed by atoms with Gasteiger partial charge in [-0.25, -0.2) is 9.78 Å². The Kier molecular flexibility index (Phi) is 3.32. The first kappa shape index (κ1) is 12.2. The van der Waals surface area contributed by atoms with E-state index in [0.29, 0.717) is 17.0 Å². The van der Waals surface area contributed by atoms with Crippen molar-refractivity contribution in [2.24, 2.45) is 0 Å². The topological polar surface area (TPSA) is 57.7 Å². The van der Waals surface area contributed by atoms with Gasteiger partial charge in [0, 0.05) is 11.5 Å². The van der Waals surface area contributed by atoms with Gasteiger partial charge in [0.2, 0.25) is 0 Å². The molecule has 0 aliphatic heterocycles. The second-order valence-corrected chi connectivity index (χ2v) is 3.59. The summed E-state index contributed by atoms with van der Waals surface area (Å²) in [6.45, 7) is 0. The van der Waals surface area contributed by atoms with E-state index in [1.165, 1.54) is 7.11 Å². The predicted octanol–water partition coefficient (Wildman–Crippen LogP) is 2.04. The van der Waals surface area contributed by atoms with Crippen molar-refractivity contribution in [1.29, 1.82) is 0 Å². The first-order valence-corrected chi connectivity index (χ1v) is 5.30. The molecule has 0 N–H and O–H groups in total. The number of fused-ring (bicyclic) bond motifs is 1. The van der Waals surface area contributed by atoms with E-state index in [9.17, 15) is 4.79 Å². The average Bonchev–Trinajstić information content (AvgIpc) is 2.44. The summed E-state index contributed by atoms with van der Waals surface area (Å²) in [6, 6.07) is 6.93. The molecule has 1 heterocycles. The zero-order valence-corrected chi connectivity index (χ0v) is 10.4. The summed E-state index contributed by atoms with van der Waals surface area (Å²) in [5.41, 5.74) is 0.842. The summed E-state index contributed by atoms with van der Waals surface area (Å²) in [6.07, 6.45) is 0. The molecule has 0 aliphatic rings. The maximum absolute atomic E-state index is 11.4. The lowest BCUT2D eigenvalue weighted by Gasteiger charge is -2.08. The van der Waals surface area contributed by atoms with Crippen LogP contribution in [-0.2, 0) is 4.74 Å². The van der Waals surface area contributed by atoms with Crippen molar-refractivity contribution < 1.29 is 19.0 Å². The van der Waals surface area contributed by atoms with Crippen LogP contribution in [0.25, 0.3) is 10.9 Å². The van der Waals surface area contributed by atoms with Gasteiger partial charge in [0.15, 0.2) is 0 Å². The van der Waals surface area contributed by atoms with Gasteiger partial charge in [-0.3, -0.25) is 0 Å². The van der Waals surface area contributed by atoms with Crippen LogP contribution in [0.5, 0.6) is 11.5 Å². The molecule has 0 amide bonds. The second-order valence-electron chi connectivity index (χ2n) is 3.59. The largest absolute Gasteiger partial charge is 0.497 e. The highest BCUT2D eigenvalue weighted by Gasteiger charge is 2.12. The Hall–Kier alpha value is -2.30. The Morgan fingerprint density at radius 3 is 2.50 bits per heavy atom. The van der Waals surface area contributed by atoms with Crippen LogP contribution < -0.4 is 9.47 Å². The van der Waals surface area contributed by atoms with E-state index < -0.39 is 5.97 Å². The zero-order chi connectivity index (χ0) is 13.1. The van der Waals surface area contributed by atoms with E-state index in [2.05, 4.69) is 9.72 Å². The fraction of sp³-hybridized carbons (Fsp3) is 0.231. The van der Waals surface area contributed by atoms with E-state index >= 15 is 0 Å². The molecule has 0 radical (unpaired) electrons. The lowest BCUT2D eigenvalue weighted by molar-refractivity contribution is 0.0594. The number of rotatable bonds is 3. The predicted molar refractivity (Wildman–Crippen MR) is 66.2 cm³/mol. The minimum atomic E-state index is -0.477. The van der Waals surface area contributed by atoms with Crippen LogP contribution in [0.3, 0.4) is 0 Å². The molecular formula is C13H13NO4. The van der Waals surface area contributed by atoms with Crippen LogP contribution >= 0.6 is 0 Å². The summed E-state index contributed by atoms with van der Waals surface area (Å²) in [7, 11) is 4.44. The van der Waals surface area contributed by atoms with E-state index in [1.807, 2.05) is 6.07 Å². The molecular weight excluding hydrogens is 234 g/mol. The Morgan fingerprint density at radius 1 is 1.11 bits per heavy atom. The monoisotopic (exact) mass is 247 g/mol. The third kappa shape index (κ3) is 2.07. The number of aromatic nitrogens is 1. The van der Waals surface area contributed by atoms with E-state index in [1.54, 1.807) is 32.4 Å². The highest BCUT2D eigenvalue weighted by molar-refractivity contribution is 5.93. The molecule has 0 atom stereocenters. The SMILES string of the molecule is COC(=O)c1ccc2cc(OC)cc(OC)c2n1. The molecule has 0 aliphatic carbocycles. The summed E-state index contributed by atoms with van der Waals surface area (Å²) < 4.78 is 15.0. The van der Waals surface area contributed by atoms with Crippen LogP contribution in [0.15, 0.2) is 24.3 Å². The lowest BCUT2D eigenvalue weighted by Crippen LogP contribution is -2.04. The number of ether oxygens (including phenoxy) is 3. The molecule has 5 heteroatoms. The highest BCUT2D eigenvalue weighted by atomic mass is 16.5. The molecule has 1 aromatic heterocycles. The zero-order valence-electron chi connectivity index (χ0n) is 10.4. The van der Waals surface area contributed by atoms with Crippen molar-refractivity contribution >= 4 is 16.9 Å². The number of carbonyl (C=O) groups is 1. The minimum Gasteiger partial charge on any atom is -0.497 e. The molecule has 0 saturated heterocycles. The van der Waals surface area contributed by atoms with Crippen LogP contribution in [0, 0.1) is 0 Å². The molecule has 0 saturated carbocycles. The van der Waals surface area contributed by atoms with Crippen LogP contribution in [0.4, 0.5) is 0 Å². The van der Waals surface area contributed by atoms with Gasteiger partial charge in [-0.15, -0.1) is 0 Å². The Labute approximate surface area is 104 Å². The Bertz CT molecular complexity index is 595. The molecule has 5 nitrogen and oxygen atoms in total. The number of esters is 1. The molecule has 0 spiro atoms. The fourth-order valence-electron chi connectivity index (χ4n) is 1.67. The van der Waals surface area contributed by atoms with Gasteiger partial charge in [-0.2, -0.15) is 0 Å². The van der Waals surface area contributed by atoms with Gasteiger partial charge >= 0.3 is 5.97 Å². The fourth-order valence-corrected chi connectivity index (χ4v) is 1.67. The van der Waals surface area contributed by atoms with Gasteiger partial charge in [0.05, 0.1) is 21.3 Å². The smallest absolute Gasteiger partial charge is 0.356 e. The number of benzene rings is 1. The number of carbonyl (C=O) groups excluding carboxylic acids is 1. The molecule has 0 unspecified atom stereocenters. The summed E-state index contributed by atoms with van der Waals surface area (Å²) in [5.74, 6) is 0.747. The molecule has 18 heavy (non-hydrogen) atoms. The van der Waals surface area contributed by atoms with Gasteiger partial charge in [0.1, 0.15) is 22.7 Å². The summed E-state index contributed by atoms with van der Waals surface area (Å²) >= 11 is 0. The quantitative estimate of drug-likeness (QED) is 0.777. The molecule has 0 fully saturated rings. The lowest BCUT2D eigenvalue weighted by atomic mass is 10.1. The first-order chi connectivity index (χ1) is 8.69. The minimum absolute atomic E-state index is 0.244. The van der Waals surface area contributed by atoms with Gasteiger partial charge in [-0.05, 0) is 12.1 Å². The van der Waals surface area contributed by atoms with Crippen LogP contribution in [0.2, 0.25) is 0 Å². The average molecular weight is 247 g/mol. The van der Waals surface area contributed by atoms with Crippen molar-refractivity contribution in [2.75, 3.05) is 21.3 Å². The van der Waals surface area contributed by atoms with Crippen molar-refractivity contribution in [3.05, 3.63) is 30.0 Å². The van der Waals surface area contributed by atoms with Crippen molar-refractivity contribution in [2.45, 2.75) is 0 Å². The van der Waals surface area contributed by atoms with E-state index in [-0.39, 0.29) is 5.69 Å². The van der Waals surface area contributed by atoms with Crippen LogP contribution in [-0.4, -0.2) is 32.3 Å². The molecule has 2 rings (SSSR count). The highest BCUT2D eigenvalue weighted by Crippen LogP contribution is 2.29. The normalized spacial score (nSPS) is 10.2. The third-order valence-electron chi connectivity index (χ3n) is 2.58. The van der Waals surface area contributed by atoms with Crippen LogP contribution in [0.1, 0.15) is 10.5 Å². The Balaban J connectivity index is 2.65. The maximum Gasteiger partial charge on any atom is 0.356 e. The Morgan fingerprint density at radius 2 is 1.89 bits per heavy atom.